The molecule has 2 aromatic heterocycles. The summed E-state index contributed by atoms with van der Waals surface area (Å²) in [5.41, 5.74) is -4.22. The molecule has 4 heterocycles. The van der Waals surface area contributed by atoms with Crippen LogP contribution in [0, 0.1) is 24.7 Å². The minimum atomic E-state index is -5.08. The van der Waals surface area contributed by atoms with Crippen LogP contribution in [-0.4, -0.2) is 104 Å². The van der Waals surface area contributed by atoms with E-state index >= 15 is 0 Å². The number of nitrogens with one attached hydrogen (secondary N) is 2. The van der Waals surface area contributed by atoms with Crippen LogP contribution in [0.25, 0.3) is 10.7 Å². The fraction of sp³-hybridized carbons (Fsp3) is 0.632. The summed E-state index contributed by atoms with van der Waals surface area (Å²) >= 11 is 1.41. The highest BCUT2D eigenvalue weighted by atomic mass is 32.2. The van der Waals surface area contributed by atoms with E-state index in [4.69, 9.17) is 4.74 Å². The van der Waals surface area contributed by atoms with E-state index in [-0.39, 0.29) is 36.6 Å². The molecule has 19 heteroatoms. The second kappa shape index (κ2) is 15.2. The molecule has 3 fully saturated rings. The number of pyridine rings is 1. The summed E-state index contributed by atoms with van der Waals surface area (Å²) in [4.78, 5) is 67.1. The van der Waals surface area contributed by atoms with E-state index in [0.717, 1.165) is 9.78 Å². The Labute approximate surface area is 333 Å². The van der Waals surface area contributed by atoms with Gasteiger partial charge in [-0.1, -0.05) is 26.0 Å². The maximum Gasteiger partial charge on any atom is 0.411 e. The van der Waals surface area contributed by atoms with Crippen molar-refractivity contribution in [1.29, 1.82) is 0 Å². The highest BCUT2D eigenvalue weighted by Gasteiger charge is 2.64. The van der Waals surface area contributed by atoms with Crippen LogP contribution >= 0.6 is 11.3 Å². The van der Waals surface area contributed by atoms with Crippen molar-refractivity contribution in [3.05, 3.63) is 41.6 Å². The van der Waals surface area contributed by atoms with E-state index in [9.17, 15) is 45.9 Å². The van der Waals surface area contributed by atoms with E-state index < -0.39 is 85.9 Å². The lowest BCUT2D eigenvalue weighted by molar-refractivity contribution is -0.222. The number of halogens is 3. The maximum atomic E-state index is 14.9. The van der Waals surface area contributed by atoms with Crippen molar-refractivity contribution >= 4 is 45.2 Å². The molecule has 2 saturated carbocycles. The summed E-state index contributed by atoms with van der Waals surface area (Å²) < 4.78 is 77.7. The fourth-order valence-electron chi connectivity index (χ4n) is 7.85. The van der Waals surface area contributed by atoms with Crippen LogP contribution in [0.5, 0.6) is 5.75 Å². The van der Waals surface area contributed by atoms with Gasteiger partial charge in [-0.2, -0.15) is 13.2 Å². The second-order valence-electron chi connectivity index (χ2n) is 16.8. The molecule has 0 unspecified atom stereocenters. The molecule has 0 radical (unpaired) electrons. The fourth-order valence-corrected chi connectivity index (χ4v) is 9.90. The van der Waals surface area contributed by atoms with Crippen LogP contribution in [0.1, 0.15) is 84.4 Å². The van der Waals surface area contributed by atoms with Crippen molar-refractivity contribution in [1.82, 2.24) is 29.8 Å². The molecule has 3 N–H and O–H groups in total. The molecule has 0 spiro atoms. The van der Waals surface area contributed by atoms with Gasteiger partial charge in [0.25, 0.3) is 5.91 Å². The van der Waals surface area contributed by atoms with Gasteiger partial charge in [-0.15, -0.1) is 11.3 Å². The number of thiazole rings is 1. The van der Waals surface area contributed by atoms with Gasteiger partial charge in [0.05, 0.1) is 11.3 Å². The first kappa shape index (κ1) is 42.3. The monoisotopic (exact) mass is 838 g/mol. The number of allylic oxidation sites excluding steroid dienone is 1. The molecule has 2 aliphatic heterocycles. The molecule has 312 valence electrons. The van der Waals surface area contributed by atoms with Crippen LogP contribution in [0.3, 0.4) is 0 Å². The topological polar surface area (TPSA) is 188 Å². The summed E-state index contributed by atoms with van der Waals surface area (Å²) in [5, 5.41) is 13.8. The van der Waals surface area contributed by atoms with Crippen LogP contribution in [0.4, 0.5) is 18.0 Å². The first-order valence-electron chi connectivity index (χ1n) is 19.0. The van der Waals surface area contributed by atoms with Crippen LogP contribution in [-0.2, 0) is 24.4 Å². The van der Waals surface area contributed by atoms with E-state index in [0.29, 0.717) is 56.0 Å². The largest absolute Gasteiger partial charge is 0.488 e. The number of alkyl halides is 3. The number of aryl methyl sites for hydroxylation is 1. The van der Waals surface area contributed by atoms with E-state index in [1.165, 1.54) is 31.4 Å². The molecule has 7 atom stereocenters. The van der Waals surface area contributed by atoms with Gasteiger partial charge in [0.2, 0.25) is 21.8 Å². The highest BCUT2D eigenvalue weighted by molar-refractivity contribution is 7.91. The van der Waals surface area contributed by atoms with Crippen LogP contribution in [0.2, 0.25) is 0 Å². The number of rotatable bonds is 8. The normalized spacial score (nSPS) is 29.2. The third-order valence-electron chi connectivity index (χ3n) is 11.9. The molecule has 6 rings (SSSR count). The van der Waals surface area contributed by atoms with Crippen molar-refractivity contribution in [2.24, 2.45) is 17.8 Å². The van der Waals surface area contributed by atoms with E-state index in [1.807, 2.05) is 19.9 Å². The Bertz CT molecular complexity index is 2050. The number of carbonyl (C=O) groups is 4. The van der Waals surface area contributed by atoms with E-state index in [1.54, 1.807) is 24.4 Å². The zero-order valence-electron chi connectivity index (χ0n) is 32.6. The lowest BCUT2D eigenvalue weighted by Crippen LogP contribution is -2.66. The Morgan fingerprint density at radius 1 is 1.16 bits per heavy atom. The molecule has 0 aromatic carbocycles. The quantitative estimate of drug-likeness (QED) is 0.289. The minimum absolute atomic E-state index is 0.0612. The molecule has 2 aliphatic carbocycles. The number of hydrogen-bond acceptors (Lipinski definition) is 10. The molecular formula is C38H49F3N6O8S2. The Morgan fingerprint density at radius 3 is 2.47 bits per heavy atom. The third kappa shape index (κ3) is 8.36. The Kier molecular flexibility index (Phi) is 11.3. The number of amides is 4. The van der Waals surface area contributed by atoms with E-state index in [2.05, 4.69) is 20.0 Å². The maximum absolute atomic E-state index is 14.9. The summed E-state index contributed by atoms with van der Waals surface area (Å²) in [5.74, 6) is -4.23. The summed E-state index contributed by atoms with van der Waals surface area (Å²) in [6.07, 6.45) is 0.519. The summed E-state index contributed by atoms with van der Waals surface area (Å²) in [6, 6.07) is -0.137. The zero-order valence-corrected chi connectivity index (χ0v) is 34.3. The van der Waals surface area contributed by atoms with Crippen molar-refractivity contribution in [3.63, 3.8) is 0 Å². The lowest BCUT2D eigenvalue weighted by atomic mass is 9.85. The molecule has 14 nitrogen and oxygen atoms in total. The number of nitrogens with zero attached hydrogens (tertiary/aromatic N) is 4. The number of ether oxygens (including phenoxy) is 1. The third-order valence-corrected chi connectivity index (χ3v) is 15.0. The van der Waals surface area contributed by atoms with Gasteiger partial charge in [0, 0.05) is 35.7 Å². The van der Waals surface area contributed by atoms with Gasteiger partial charge >= 0.3 is 12.3 Å². The Balaban J connectivity index is 1.40. The lowest BCUT2D eigenvalue weighted by Gasteiger charge is -2.45. The van der Waals surface area contributed by atoms with Gasteiger partial charge in [-0.25, -0.2) is 18.2 Å². The summed E-state index contributed by atoms with van der Waals surface area (Å²) in [7, 11) is -4.11. The predicted molar refractivity (Wildman–Crippen MR) is 203 cm³/mol. The van der Waals surface area contributed by atoms with Crippen molar-refractivity contribution in [2.75, 3.05) is 6.54 Å². The molecule has 0 bridgehead atoms. The predicted octanol–water partition coefficient (Wildman–Crippen LogP) is 5.44. The van der Waals surface area contributed by atoms with Crippen LogP contribution in [0.15, 0.2) is 36.7 Å². The molecule has 1 saturated heterocycles. The standard InChI is InChI=1S/C38H49F3N6O8S2/c1-21-9-7-8-10-24-18-37(24,33(50)45-57(53,54)36(6)12-13-36)44-30(48)28-17-26(55-25-11-14-42-27(16-25)31-43-19-23(3)56-31)20-46(28)32(49)29(22(2)15-21)47(34(51)52)35(4,5)38(39,40)41/h8,10-11,14,16,19,21-22,24,26,28-29H,7,9,12-13,15,17-18,20H2,1-6H3,(H,44,48)(H,45,50)(H,51,52)/t21-,22-,24-,26-,28+,29+,37-/m1/s1. The second-order valence-corrected chi connectivity index (χ2v) is 20.2. The van der Waals surface area contributed by atoms with Gasteiger partial charge in [-0.3, -0.25) is 29.0 Å². The van der Waals surface area contributed by atoms with Crippen molar-refractivity contribution < 1.29 is 50.6 Å². The number of sulfonamides is 1. The number of aromatic nitrogens is 2. The number of carbonyl (C=O) groups excluding carboxylic acids is 3. The number of fused-ring (bicyclic) bond motifs is 2. The number of carboxylic acid groups (broad SMARTS) is 1. The van der Waals surface area contributed by atoms with Gasteiger partial charge in [0.15, 0.2) is 0 Å². The summed E-state index contributed by atoms with van der Waals surface area (Å²) in [6.45, 7) is 7.86. The Hall–Kier alpha value is -4.26. The minimum Gasteiger partial charge on any atom is -0.488 e. The highest BCUT2D eigenvalue weighted by Crippen LogP contribution is 2.48. The Morgan fingerprint density at radius 2 is 1.86 bits per heavy atom. The first-order chi connectivity index (χ1) is 26.5. The molecule has 4 aliphatic rings. The van der Waals surface area contributed by atoms with Gasteiger partial charge < -0.3 is 20.1 Å². The molecule has 4 amide bonds. The average molecular weight is 839 g/mol. The van der Waals surface area contributed by atoms with Gasteiger partial charge in [-0.05, 0) is 84.1 Å². The smallest absolute Gasteiger partial charge is 0.411 e. The molecular weight excluding hydrogens is 790 g/mol. The SMILES string of the molecule is Cc1cnc(-c2cc(O[C@@H]3C[C@H]4C(=O)N[C@]5(C(=O)NS(=O)(=O)C6(C)CC6)C[C@H]5C=CCC[C@@H](C)C[C@@H](C)[C@H](N(C(=O)O)C(C)(C)C(F)(F)F)C(=O)N4C3)ccn2)s1. The average Bonchev–Trinajstić information content (AvgIpc) is 3.91. The van der Waals surface area contributed by atoms with Crippen LogP contribution < -0.4 is 14.8 Å². The molecule has 57 heavy (non-hydrogen) atoms. The van der Waals surface area contributed by atoms with Crippen molar-refractivity contribution in [2.45, 2.75) is 127 Å². The first-order valence-corrected chi connectivity index (χ1v) is 21.3. The van der Waals surface area contributed by atoms with Gasteiger partial charge in [0.1, 0.15) is 45.7 Å². The number of hydrogen-bond donors (Lipinski definition) is 3. The van der Waals surface area contributed by atoms with Crippen molar-refractivity contribution in [3.8, 4) is 16.5 Å². The molecule has 2 aromatic rings. The zero-order chi connectivity index (χ0) is 41.9.